The Morgan fingerprint density at radius 2 is 2.10 bits per heavy atom. The fourth-order valence-electron chi connectivity index (χ4n) is 3.63. The molecule has 0 unspecified atom stereocenters. The zero-order valence-corrected chi connectivity index (χ0v) is 19.7. The Morgan fingerprint density at radius 3 is 2.67 bits per heavy atom. The summed E-state index contributed by atoms with van der Waals surface area (Å²) in [6, 6.07) is 0.837. The van der Waals surface area contributed by atoms with Crippen LogP contribution in [0.25, 0.3) is 0 Å². The van der Waals surface area contributed by atoms with E-state index >= 15 is 0 Å². The highest BCUT2D eigenvalue weighted by molar-refractivity contribution is 7.91. The van der Waals surface area contributed by atoms with E-state index in [2.05, 4.69) is 33.9 Å². The van der Waals surface area contributed by atoms with Gasteiger partial charge in [0, 0.05) is 29.5 Å². The molecule has 2 aromatic rings. The molecule has 2 amide bonds. The summed E-state index contributed by atoms with van der Waals surface area (Å²) >= 11 is 1.59. The van der Waals surface area contributed by atoms with Crippen LogP contribution in [-0.2, 0) is 17.3 Å². The van der Waals surface area contributed by atoms with Crippen molar-refractivity contribution in [1.29, 1.82) is 0 Å². The maximum Gasteiger partial charge on any atom is 0.334 e. The van der Waals surface area contributed by atoms with Gasteiger partial charge < -0.3 is 10.2 Å². The molecule has 30 heavy (non-hydrogen) atoms. The number of aromatic nitrogens is 2. The Kier molecular flexibility index (Phi) is 6.73. The van der Waals surface area contributed by atoms with Crippen LogP contribution in [0.4, 0.5) is 16.2 Å². The topological polar surface area (TPSA) is 99.6 Å². The molecule has 9 nitrogen and oxygen atoms in total. The van der Waals surface area contributed by atoms with Crippen LogP contribution >= 0.6 is 11.3 Å². The van der Waals surface area contributed by atoms with Crippen molar-refractivity contribution in [3.8, 4) is 0 Å². The van der Waals surface area contributed by atoms with E-state index in [0.717, 1.165) is 22.7 Å². The third-order valence-corrected chi connectivity index (χ3v) is 7.93. The van der Waals surface area contributed by atoms with E-state index in [1.54, 1.807) is 29.3 Å². The minimum absolute atomic E-state index is 0.284. The SMILES string of the molecule is Cc1sc(C(C)C)cc1NC(=O)NS(=O)(=O)N(c1cnn(C)c1)[C@H]1CCCN(C)C1. The molecule has 0 radical (unpaired) electrons. The molecule has 1 aliphatic rings. The lowest BCUT2D eigenvalue weighted by atomic mass is 10.1. The second-order valence-corrected chi connectivity index (χ2v) is 10.9. The van der Waals surface area contributed by atoms with E-state index in [1.807, 2.05) is 20.0 Å². The standard InChI is InChI=1S/C19H30N6O3S2/c1-13(2)18-9-17(14(3)29-18)21-19(26)22-30(27,28)25(16-10-20-24(5)12-16)15-7-6-8-23(4)11-15/h9-10,12-13,15H,6-8,11H2,1-5H3,(H2,21,22,26)/t15-/m0/s1. The normalized spacial score (nSPS) is 17.9. The highest BCUT2D eigenvalue weighted by Crippen LogP contribution is 2.31. The average Bonchev–Trinajstić information content (AvgIpc) is 3.20. The number of likely N-dealkylation sites (N-methyl/N-ethyl adjacent to an activating group) is 1. The minimum Gasteiger partial charge on any atom is -0.306 e. The lowest BCUT2D eigenvalue weighted by Gasteiger charge is -2.37. The summed E-state index contributed by atoms with van der Waals surface area (Å²) in [5.74, 6) is 0.334. The highest BCUT2D eigenvalue weighted by Gasteiger charge is 2.34. The Labute approximate surface area is 182 Å². The van der Waals surface area contributed by atoms with Crippen LogP contribution in [0.1, 0.15) is 42.4 Å². The van der Waals surface area contributed by atoms with Gasteiger partial charge in [-0.25, -0.2) is 13.8 Å². The second kappa shape index (κ2) is 8.94. The summed E-state index contributed by atoms with van der Waals surface area (Å²) in [5.41, 5.74) is 1.06. The summed E-state index contributed by atoms with van der Waals surface area (Å²) in [6.07, 6.45) is 4.74. The summed E-state index contributed by atoms with van der Waals surface area (Å²) in [5, 5.41) is 6.80. The van der Waals surface area contributed by atoms with Gasteiger partial charge in [-0.1, -0.05) is 13.8 Å². The van der Waals surface area contributed by atoms with Gasteiger partial charge in [0.2, 0.25) is 0 Å². The number of carbonyl (C=O) groups is 1. The van der Waals surface area contributed by atoms with Gasteiger partial charge in [0.15, 0.2) is 0 Å². The Morgan fingerprint density at radius 1 is 1.37 bits per heavy atom. The van der Waals surface area contributed by atoms with E-state index in [4.69, 9.17) is 0 Å². The molecule has 2 N–H and O–H groups in total. The van der Waals surface area contributed by atoms with Crippen molar-refractivity contribution in [3.05, 3.63) is 28.2 Å². The highest BCUT2D eigenvalue weighted by atomic mass is 32.2. The van der Waals surface area contributed by atoms with Gasteiger partial charge in [-0.2, -0.15) is 13.5 Å². The van der Waals surface area contributed by atoms with E-state index in [1.165, 1.54) is 10.5 Å². The van der Waals surface area contributed by atoms with E-state index in [-0.39, 0.29) is 6.04 Å². The van der Waals surface area contributed by atoms with Crippen LogP contribution < -0.4 is 14.3 Å². The maximum atomic E-state index is 13.2. The quantitative estimate of drug-likeness (QED) is 0.699. The van der Waals surface area contributed by atoms with E-state index < -0.39 is 16.2 Å². The number of nitrogens with one attached hydrogen (secondary N) is 2. The van der Waals surface area contributed by atoms with Crippen molar-refractivity contribution < 1.29 is 13.2 Å². The third-order valence-electron chi connectivity index (χ3n) is 5.11. The molecule has 0 aliphatic carbocycles. The van der Waals surface area contributed by atoms with Crippen molar-refractivity contribution in [2.24, 2.45) is 7.05 Å². The van der Waals surface area contributed by atoms with Gasteiger partial charge in [-0.3, -0.25) is 4.68 Å². The summed E-state index contributed by atoms with van der Waals surface area (Å²) in [4.78, 5) is 16.8. The first-order valence-electron chi connectivity index (χ1n) is 9.97. The Hall–Kier alpha value is -2.11. The molecular weight excluding hydrogens is 424 g/mol. The molecule has 0 bridgehead atoms. The number of aryl methyl sites for hydroxylation is 2. The number of carbonyl (C=O) groups excluding carboxylic acids is 1. The molecule has 3 heterocycles. The molecule has 0 spiro atoms. The molecule has 0 saturated carbocycles. The lowest BCUT2D eigenvalue weighted by molar-refractivity contribution is 0.251. The van der Waals surface area contributed by atoms with Crippen molar-refractivity contribution in [1.82, 2.24) is 19.4 Å². The maximum absolute atomic E-state index is 13.2. The van der Waals surface area contributed by atoms with Crippen molar-refractivity contribution >= 4 is 39.0 Å². The number of thiophene rings is 1. The van der Waals surface area contributed by atoms with E-state index in [0.29, 0.717) is 30.3 Å². The van der Waals surface area contributed by atoms with Crippen LogP contribution in [0.5, 0.6) is 0 Å². The lowest BCUT2D eigenvalue weighted by Crippen LogP contribution is -2.54. The van der Waals surface area contributed by atoms with Crippen LogP contribution in [0.2, 0.25) is 0 Å². The molecule has 166 valence electrons. The summed E-state index contributed by atoms with van der Waals surface area (Å²) < 4.78 is 31.5. The number of piperidine rings is 1. The van der Waals surface area contributed by atoms with Gasteiger partial charge in [0.25, 0.3) is 0 Å². The first-order valence-corrected chi connectivity index (χ1v) is 12.2. The Bertz CT molecular complexity index is 998. The molecule has 1 atom stereocenters. The number of amides is 2. The summed E-state index contributed by atoms with van der Waals surface area (Å²) in [6.45, 7) is 7.55. The number of likely N-dealkylation sites (tertiary alicyclic amines) is 1. The molecular formula is C19H30N6O3S2. The fourth-order valence-corrected chi connectivity index (χ4v) is 5.93. The number of nitrogens with zero attached hydrogens (tertiary/aromatic N) is 4. The Balaban J connectivity index is 1.81. The minimum atomic E-state index is -4.13. The number of hydrogen-bond acceptors (Lipinski definition) is 6. The molecule has 0 aromatic carbocycles. The molecule has 3 rings (SSSR count). The molecule has 1 saturated heterocycles. The largest absolute Gasteiger partial charge is 0.334 e. The average molecular weight is 455 g/mol. The van der Waals surface area contributed by atoms with Crippen LogP contribution in [0, 0.1) is 6.92 Å². The molecule has 1 fully saturated rings. The van der Waals surface area contributed by atoms with Crippen LogP contribution in [0.3, 0.4) is 0 Å². The number of anilines is 2. The monoisotopic (exact) mass is 454 g/mol. The fraction of sp³-hybridized carbons (Fsp3) is 0.579. The first kappa shape index (κ1) is 22.6. The van der Waals surface area contributed by atoms with Gasteiger partial charge in [0.1, 0.15) is 0 Å². The number of rotatable bonds is 6. The molecule has 11 heteroatoms. The van der Waals surface area contributed by atoms with Crippen molar-refractivity contribution in [2.45, 2.75) is 45.6 Å². The zero-order chi connectivity index (χ0) is 22.1. The first-order chi connectivity index (χ1) is 14.1. The summed E-state index contributed by atoms with van der Waals surface area (Å²) in [7, 11) is -0.439. The van der Waals surface area contributed by atoms with E-state index in [9.17, 15) is 13.2 Å². The van der Waals surface area contributed by atoms with Gasteiger partial charge in [0.05, 0.1) is 23.6 Å². The number of urea groups is 1. The molecule has 2 aromatic heterocycles. The van der Waals surface area contributed by atoms with Gasteiger partial charge in [-0.05, 0) is 45.3 Å². The molecule has 1 aliphatic heterocycles. The van der Waals surface area contributed by atoms with Gasteiger partial charge in [-0.15, -0.1) is 11.3 Å². The number of hydrogen-bond donors (Lipinski definition) is 2. The smallest absolute Gasteiger partial charge is 0.306 e. The predicted octanol–water partition coefficient (Wildman–Crippen LogP) is 2.88. The van der Waals surface area contributed by atoms with Crippen molar-refractivity contribution in [3.63, 3.8) is 0 Å². The third kappa shape index (κ3) is 5.13. The predicted molar refractivity (Wildman–Crippen MR) is 120 cm³/mol. The van der Waals surface area contributed by atoms with Crippen LogP contribution in [0.15, 0.2) is 18.5 Å². The second-order valence-electron chi connectivity index (χ2n) is 8.06. The van der Waals surface area contributed by atoms with Crippen LogP contribution in [-0.4, -0.2) is 55.3 Å². The zero-order valence-electron chi connectivity index (χ0n) is 18.0. The van der Waals surface area contributed by atoms with Gasteiger partial charge >= 0.3 is 16.2 Å². The van der Waals surface area contributed by atoms with Crippen molar-refractivity contribution in [2.75, 3.05) is 29.8 Å².